The molecule has 0 saturated heterocycles. The number of amides is 3. The van der Waals surface area contributed by atoms with Gasteiger partial charge in [-0.15, -0.1) is 0 Å². The van der Waals surface area contributed by atoms with E-state index in [2.05, 4.69) is 54.9 Å². The van der Waals surface area contributed by atoms with Crippen LogP contribution in [0.2, 0.25) is 5.02 Å². The zero-order valence-corrected chi connectivity index (χ0v) is 39.5. The molecule has 3 N–H and O–H groups in total. The zero-order chi connectivity index (χ0) is 51.7. The number of anilines is 2. The van der Waals surface area contributed by atoms with Crippen molar-refractivity contribution in [1.82, 2.24) is 39.4 Å². The highest BCUT2D eigenvalue weighted by Crippen LogP contribution is 2.36. The molecule has 0 aliphatic heterocycles. The van der Waals surface area contributed by atoms with E-state index in [9.17, 15) is 45.5 Å². The summed E-state index contributed by atoms with van der Waals surface area (Å²) < 4.78 is 81.4. The van der Waals surface area contributed by atoms with Crippen LogP contribution in [0.3, 0.4) is 0 Å². The first-order chi connectivity index (χ1) is 34.4. The molecule has 72 heavy (non-hydrogen) atoms. The van der Waals surface area contributed by atoms with Gasteiger partial charge in [0.1, 0.15) is 5.56 Å². The lowest BCUT2D eigenvalue weighted by Crippen LogP contribution is -2.34. The van der Waals surface area contributed by atoms with Gasteiger partial charge in [0.15, 0.2) is 22.9 Å². The summed E-state index contributed by atoms with van der Waals surface area (Å²) in [7, 11) is 0. The normalized spacial score (nSPS) is 11.6. The first-order valence-electron chi connectivity index (χ1n) is 22.4. The molecule has 0 unspecified atom stereocenters. The molecule has 0 spiro atoms. The predicted octanol–water partition coefficient (Wildman–Crippen LogP) is 11.2. The number of ketones is 2. The second kappa shape index (κ2) is 22.4. The molecule has 0 saturated carbocycles. The van der Waals surface area contributed by atoms with Crippen LogP contribution in [0, 0.1) is 0 Å². The highest BCUT2D eigenvalue weighted by atomic mass is 35.5. The largest absolute Gasteiger partial charge is 0.417 e. The minimum atomic E-state index is -4.66. The Morgan fingerprint density at radius 1 is 0.653 bits per heavy atom. The fourth-order valence-corrected chi connectivity index (χ4v) is 7.82. The number of hydrogen-bond acceptors (Lipinski definition) is 9. The highest BCUT2D eigenvalue weighted by Gasteiger charge is 2.34. The van der Waals surface area contributed by atoms with Crippen molar-refractivity contribution in [2.75, 3.05) is 36.8 Å². The van der Waals surface area contributed by atoms with Crippen molar-refractivity contribution >= 4 is 57.8 Å². The average molecular weight is 1010 g/mol. The number of rotatable bonds is 15. The van der Waals surface area contributed by atoms with E-state index >= 15 is 0 Å². The van der Waals surface area contributed by atoms with Gasteiger partial charge in [-0.1, -0.05) is 74.8 Å². The molecule has 3 amide bonds. The summed E-state index contributed by atoms with van der Waals surface area (Å²) in [6.07, 6.45) is -2.81. The molecule has 0 aliphatic carbocycles. The highest BCUT2D eigenvalue weighted by molar-refractivity contribution is 6.31. The fraction of sp³-hybridized carbons (Fsp3) is 0.216. The minimum absolute atomic E-state index is 0.00586. The molecular formula is C51H45ClF6N10O4. The molecule has 4 aromatic heterocycles. The number of nitrogens with zero attached hydrogens (tertiary/aromatic N) is 7. The predicted molar refractivity (Wildman–Crippen MR) is 260 cm³/mol. The van der Waals surface area contributed by atoms with Crippen molar-refractivity contribution in [3.8, 4) is 22.5 Å². The Labute approximate surface area is 413 Å². The summed E-state index contributed by atoms with van der Waals surface area (Å²) in [5.41, 5.74) is 3.34. The van der Waals surface area contributed by atoms with Crippen LogP contribution in [-0.4, -0.2) is 83.8 Å². The zero-order valence-electron chi connectivity index (χ0n) is 38.8. The lowest BCUT2D eigenvalue weighted by Gasteiger charge is -2.17. The maximum atomic E-state index is 13.1. The minimum Gasteiger partial charge on any atom is -0.351 e. The Morgan fingerprint density at radius 3 is 1.88 bits per heavy atom. The summed E-state index contributed by atoms with van der Waals surface area (Å²) in [6.45, 7) is 8.89. The van der Waals surface area contributed by atoms with Gasteiger partial charge in [0.2, 0.25) is 0 Å². The van der Waals surface area contributed by atoms with Gasteiger partial charge in [0, 0.05) is 66.4 Å². The topological polar surface area (TPSA) is 168 Å². The third-order valence-corrected chi connectivity index (χ3v) is 11.7. The van der Waals surface area contributed by atoms with Gasteiger partial charge < -0.3 is 20.9 Å². The first-order valence-corrected chi connectivity index (χ1v) is 22.8. The molecule has 372 valence electrons. The van der Waals surface area contributed by atoms with E-state index in [0.717, 1.165) is 49.5 Å². The van der Waals surface area contributed by atoms with E-state index in [1.807, 2.05) is 6.07 Å². The number of nitrogens with one attached hydrogen (secondary N) is 3. The van der Waals surface area contributed by atoms with Crippen molar-refractivity contribution in [2.24, 2.45) is 0 Å². The van der Waals surface area contributed by atoms with Crippen molar-refractivity contribution in [3.63, 3.8) is 0 Å². The Hall–Kier alpha value is -7.97. The van der Waals surface area contributed by atoms with Crippen LogP contribution >= 0.6 is 11.6 Å². The van der Waals surface area contributed by atoms with E-state index in [-0.39, 0.29) is 29.4 Å². The molecule has 8 aromatic rings. The molecular weight excluding hydrogens is 966 g/mol. The Bertz CT molecular complexity index is 3280. The van der Waals surface area contributed by atoms with Crippen molar-refractivity contribution in [2.45, 2.75) is 46.0 Å². The van der Waals surface area contributed by atoms with E-state index in [4.69, 9.17) is 11.6 Å². The van der Waals surface area contributed by atoms with Crippen LogP contribution in [0.15, 0.2) is 128 Å². The van der Waals surface area contributed by atoms with Gasteiger partial charge >= 0.3 is 18.4 Å². The van der Waals surface area contributed by atoms with E-state index in [0.29, 0.717) is 63.6 Å². The number of likely N-dealkylation sites (N-methyl/N-ethyl adjacent to an activating group) is 1. The lowest BCUT2D eigenvalue weighted by molar-refractivity contribution is -0.138. The number of aromatic nitrogens is 6. The molecule has 0 radical (unpaired) electrons. The van der Waals surface area contributed by atoms with Crippen molar-refractivity contribution in [3.05, 3.63) is 166 Å². The average Bonchev–Trinajstić information content (AvgIpc) is 4.01. The molecule has 4 heterocycles. The maximum Gasteiger partial charge on any atom is 0.417 e. The number of urea groups is 1. The molecule has 0 fully saturated rings. The third kappa shape index (κ3) is 12.3. The van der Waals surface area contributed by atoms with E-state index in [1.165, 1.54) is 35.1 Å². The Kier molecular flexibility index (Phi) is 16.1. The fourth-order valence-electron chi connectivity index (χ4n) is 7.60. The number of halogens is 7. The molecule has 4 aromatic carbocycles. The van der Waals surface area contributed by atoms with E-state index in [1.54, 1.807) is 78.4 Å². The summed E-state index contributed by atoms with van der Waals surface area (Å²) >= 11 is 5.64. The van der Waals surface area contributed by atoms with Gasteiger partial charge in [-0.05, 0) is 79.3 Å². The molecule has 0 atom stereocenters. The summed E-state index contributed by atoms with van der Waals surface area (Å²) in [4.78, 5) is 60.9. The first kappa shape index (κ1) is 51.9. The van der Waals surface area contributed by atoms with Crippen LogP contribution in [0.25, 0.3) is 33.8 Å². The Morgan fingerprint density at radius 2 is 1.25 bits per heavy atom. The monoisotopic (exact) mass is 1010 g/mol. The quantitative estimate of drug-likeness (QED) is 0.0669. The number of hydrogen-bond donors (Lipinski definition) is 3. The second-order valence-electron chi connectivity index (χ2n) is 16.0. The SMILES string of the molecule is CCC(=O)c1cnn2c(-c3cccc(CC(=O)c4cccc(C(F)(F)F)c4)c3)ccnc12.CCN(CC)CCNC(=O)c1cnn2c(-c3cccc(NC(=O)Nc4ccc(Cl)c(C(F)(F)F)c4)c3)ccnc12. The van der Waals surface area contributed by atoms with Crippen molar-refractivity contribution < 1.29 is 45.5 Å². The second-order valence-corrected chi connectivity index (χ2v) is 16.4. The number of carbonyl (C=O) groups is 4. The number of carbonyl (C=O) groups excluding carboxylic acids is 4. The number of benzene rings is 4. The van der Waals surface area contributed by atoms with Gasteiger partial charge in [-0.25, -0.2) is 23.8 Å². The van der Waals surface area contributed by atoms with Crippen LogP contribution < -0.4 is 16.0 Å². The van der Waals surface area contributed by atoms with Gasteiger partial charge in [0.25, 0.3) is 5.91 Å². The van der Waals surface area contributed by atoms with Crippen molar-refractivity contribution in [1.29, 1.82) is 0 Å². The lowest BCUT2D eigenvalue weighted by atomic mass is 9.99. The standard InChI is InChI=1S/C27H27ClF3N7O2.C24H18F3N3O2/c1-3-37(4-2)13-12-33-25(39)20-16-34-38-23(10-11-32-24(20)38)17-6-5-7-18(14-17)35-26(40)36-19-8-9-22(28)21(15-19)27(29,30)31;1-2-21(31)19-14-29-30-20(9-10-28-23(19)30)16-6-3-5-15(11-16)12-22(32)17-7-4-8-18(13-17)24(25,26)27/h5-11,14-16H,3-4,12-13H2,1-2H3,(H,33,39)(H2,35,36,40);3-11,13-14H,2,12H2,1H3. The van der Waals surface area contributed by atoms with Gasteiger partial charge in [-0.3, -0.25) is 14.4 Å². The summed E-state index contributed by atoms with van der Waals surface area (Å²) in [5, 5.41) is 16.1. The molecule has 14 nitrogen and oxygen atoms in total. The molecule has 8 rings (SSSR count). The number of fused-ring (bicyclic) bond motifs is 2. The summed E-state index contributed by atoms with van der Waals surface area (Å²) in [5.74, 6) is -0.761. The molecule has 0 aliphatic rings. The third-order valence-electron chi connectivity index (χ3n) is 11.3. The van der Waals surface area contributed by atoms with Gasteiger partial charge in [-0.2, -0.15) is 36.5 Å². The van der Waals surface area contributed by atoms with Crippen LogP contribution in [0.5, 0.6) is 0 Å². The molecule has 21 heteroatoms. The van der Waals surface area contributed by atoms with Crippen LogP contribution in [-0.2, 0) is 18.8 Å². The maximum absolute atomic E-state index is 13.1. The number of Topliss-reactive ketones (excluding diaryl/α,β-unsaturated/α-hetero) is 2. The summed E-state index contributed by atoms with van der Waals surface area (Å²) in [6, 6.07) is 24.1. The smallest absolute Gasteiger partial charge is 0.351 e. The van der Waals surface area contributed by atoms with Crippen LogP contribution in [0.4, 0.5) is 42.5 Å². The molecule has 0 bridgehead atoms. The van der Waals surface area contributed by atoms with Gasteiger partial charge in [0.05, 0.1) is 45.5 Å². The number of alkyl halides is 6. The Balaban J connectivity index is 0.000000216. The van der Waals surface area contributed by atoms with Crippen LogP contribution in [0.1, 0.15) is 75.0 Å². The van der Waals surface area contributed by atoms with E-state index < -0.39 is 40.3 Å².